The Morgan fingerprint density at radius 3 is 2.75 bits per heavy atom. The molecule has 1 amide bonds. The van der Waals surface area contributed by atoms with E-state index in [1.165, 1.54) is 0 Å². The molecule has 0 aliphatic heterocycles. The van der Waals surface area contributed by atoms with E-state index in [1.54, 1.807) is 5.09 Å². The summed E-state index contributed by atoms with van der Waals surface area (Å²) in [5, 5.41) is 9.89. The van der Waals surface area contributed by atoms with E-state index in [2.05, 4.69) is 11.1 Å². The summed E-state index contributed by atoms with van der Waals surface area (Å²) in [7, 11) is -4.11. The van der Waals surface area contributed by atoms with Gasteiger partial charge in [-0.05, 0) is 6.08 Å². The lowest BCUT2D eigenvalue weighted by Gasteiger charge is -2.10. The van der Waals surface area contributed by atoms with E-state index in [0.717, 1.165) is 6.08 Å². The molecule has 0 bridgehead atoms. The number of hydrogen-bond acceptors (Lipinski definition) is 4. The van der Waals surface area contributed by atoms with Crippen molar-refractivity contribution in [3.05, 3.63) is 12.7 Å². The summed E-state index contributed by atoms with van der Waals surface area (Å²) >= 11 is 0. The molecule has 0 saturated carbocycles. The Morgan fingerprint density at radius 1 is 1.75 bits per heavy atom. The summed E-state index contributed by atoms with van der Waals surface area (Å²) in [6, 6.07) is 0. The van der Waals surface area contributed by atoms with Crippen molar-refractivity contribution >= 4 is 13.7 Å². The lowest BCUT2D eigenvalue weighted by Crippen LogP contribution is -2.19. The van der Waals surface area contributed by atoms with Crippen molar-refractivity contribution in [1.29, 1.82) is 0 Å². The second-order valence-electron chi connectivity index (χ2n) is 1.76. The van der Waals surface area contributed by atoms with Gasteiger partial charge in [-0.25, -0.2) is 4.57 Å². The van der Waals surface area contributed by atoms with Crippen LogP contribution in [0.5, 0.6) is 0 Å². The van der Waals surface area contributed by atoms with Gasteiger partial charge in [0.25, 0.3) is 5.91 Å². The van der Waals surface area contributed by atoms with E-state index in [0.29, 0.717) is 0 Å². The SMILES string of the molecule is C=CC(=O)NP(=O)(O)OCCO. The fourth-order valence-electron chi connectivity index (χ4n) is 0.382. The van der Waals surface area contributed by atoms with Crippen LogP contribution in [0.3, 0.4) is 0 Å². The third-order valence-electron chi connectivity index (χ3n) is 0.794. The van der Waals surface area contributed by atoms with E-state index < -0.39 is 20.3 Å². The minimum Gasteiger partial charge on any atom is -0.394 e. The summed E-state index contributed by atoms with van der Waals surface area (Å²) in [4.78, 5) is 19.3. The molecule has 0 aromatic rings. The zero-order valence-electron chi connectivity index (χ0n) is 6.27. The van der Waals surface area contributed by atoms with E-state index in [1.807, 2.05) is 0 Å². The summed E-state index contributed by atoms with van der Waals surface area (Å²) < 4.78 is 15.0. The van der Waals surface area contributed by atoms with Crippen molar-refractivity contribution in [2.24, 2.45) is 0 Å². The Bertz CT molecular complexity index is 216. The van der Waals surface area contributed by atoms with Gasteiger partial charge < -0.3 is 10.00 Å². The molecule has 0 heterocycles. The van der Waals surface area contributed by atoms with Crippen molar-refractivity contribution in [2.75, 3.05) is 13.2 Å². The van der Waals surface area contributed by atoms with Gasteiger partial charge >= 0.3 is 7.75 Å². The van der Waals surface area contributed by atoms with Gasteiger partial charge in [-0.15, -0.1) is 0 Å². The Kier molecular flexibility index (Phi) is 4.77. The van der Waals surface area contributed by atoms with Crippen LogP contribution in [-0.2, 0) is 13.9 Å². The third-order valence-corrected chi connectivity index (χ3v) is 1.83. The summed E-state index contributed by atoms with van der Waals surface area (Å²) in [6.45, 7) is 2.37. The third kappa shape index (κ3) is 5.03. The summed E-state index contributed by atoms with van der Waals surface area (Å²) in [5.74, 6) is -0.807. The van der Waals surface area contributed by atoms with Crippen LogP contribution in [0.25, 0.3) is 0 Å². The molecular weight excluding hydrogens is 185 g/mol. The van der Waals surface area contributed by atoms with Crippen molar-refractivity contribution in [3.8, 4) is 0 Å². The van der Waals surface area contributed by atoms with Crippen LogP contribution in [0.15, 0.2) is 12.7 Å². The molecule has 0 radical (unpaired) electrons. The zero-order chi connectivity index (χ0) is 9.61. The van der Waals surface area contributed by atoms with E-state index in [4.69, 9.17) is 10.00 Å². The predicted octanol–water partition coefficient (Wildman–Crippen LogP) is -0.602. The van der Waals surface area contributed by atoms with Crippen LogP contribution in [0, 0.1) is 0 Å². The number of carbonyl (C=O) groups is 1. The molecule has 3 N–H and O–H groups in total. The number of carbonyl (C=O) groups excluding carboxylic acids is 1. The summed E-state index contributed by atoms with van der Waals surface area (Å²) in [6.07, 6.45) is 0.838. The monoisotopic (exact) mass is 195 g/mol. The Hall–Kier alpha value is -0.680. The minimum absolute atomic E-state index is 0.314. The van der Waals surface area contributed by atoms with Gasteiger partial charge in [0.1, 0.15) is 0 Å². The topological polar surface area (TPSA) is 95.9 Å². The highest BCUT2D eigenvalue weighted by molar-refractivity contribution is 7.51. The highest BCUT2D eigenvalue weighted by Crippen LogP contribution is 2.35. The van der Waals surface area contributed by atoms with Gasteiger partial charge in [0, 0.05) is 0 Å². The molecule has 0 saturated heterocycles. The second kappa shape index (κ2) is 5.05. The first-order chi connectivity index (χ1) is 5.52. The van der Waals surface area contributed by atoms with Gasteiger partial charge in [0.05, 0.1) is 13.2 Å². The Labute approximate surface area is 69.4 Å². The molecule has 6 nitrogen and oxygen atoms in total. The minimum atomic E-state index is -4.11. The number of aliphatic hydroxyl groups excluding tert-OH is 1. The number of amides is 1. The maximum Gasteiger partial charge on any atom is 0.432 e. The molecule has 0 aliphatic carbocycles. The first-order valence-corrected chi connectivity index (χ1v) is 4.62. The lowest BCUT2D eigenvalue weighted by atomic mass is 10.6. The van der Waals surface area contributed by atoms with Crippen LogP contribution >= 0.6 is 7.75 Å². The molecule has 0 spiro atoms. The van der Waals surface area contributed by atoms with Crippen LogP contribution in [-0.4, -0.2) is 29.1 Å². The van der Waals surface area contributed by atoms with Crippen molar-refractivity contribution in [3.63, 3.8) is 0 Å². The molecule has 12 heavy (non-hydrogen) atoms. The van der Waals surface area contributed by atoms with Crippen LogP contribution in [0.1, 0.15) is 0 Å². The van der Waals surface area contributed by atoms with E-state index >= 15 is 0 Å². The normalized spacial score (nSPS) is 14.8. The molecule has 1 atom stereocenters. The van der Waals surface area contributed by atoms with Gasteiger partial charge in [-0.1, -0.05) is 6.58 Å². The average Bonchev–Trinajstić information content (AvgIpc) is 2.00. The summed E-state index contributed by atoms with van der Waals surface area (Å²) in [5.41, 5.74) is 0. The molecule has 0 fully saturated rings. The molecule has 70 valence electrons. The second-order valence-corrected chi connectivity index (χ2v) is 3.28. The van der Waals surface area contributed by atoms with Crippen LogP contribution in [0.2, 0.25) is 0 Å². The van der Waals surface area contributed by atoms with E-state index in [9.17, 15) is 9.36 Å². The van der Waals surface area contributed by atoms with Gasteiger partial charge in [-0.2, -0.15) is 0 Å². The maximum atomic E-state index is 10.8. The highest BCUT2D eigenvalue weighted by atomic mass is 31.2. The molecule has 0 aromatic carbocycles. The molecule has 0 aliphatic rings. The highest BCUT2D eigenvalue weighted by Gasteiger charge is 2.20. The van der Waals surface area contributed by atoms with Gasteiger partial charge in [-0.3, -0.25) is 14.4 Å². The molecule has 7 heteroatoms. The molecular formula is C5H10NO5P. The first kappa shape index (κ1) is 11.3. The van der Waals surface area contributed by atoms with Crippen molar-refractivity contribution in [2.45, 2.75) is 0 Å². The fraction of sp³-hybridized carbons (Fsp3) is 0.400. The Morgan fingerprint density at radius 2 is 2.33 bits per heavy atom. The zero-order valence-corrected chi connectivity index (χ0v) is 7.16. The van der Waals surface area contributed by atoms with Crippen molar-refractivity contribution in [1.82, 2.24) is 5.09 Å². The number of rotatable bonds is 5. The fourth-order valence-corrected chi connectivity index (χ4v) is 1.15. The first-order valence-electron chi connectivity index (χ1n) is 3.04. The smallest absolute Gasteiger partial charge is 0.394 e. The molecule has 1 unspecified atom stereocenters. The Balaban J connectivity index is 3.95. The molecule has 0 aromatic heterocycles. The van der Waals surface area contributed by atoms with Crippen LogP contribution < -0.4 is 5.09 Å². The van der Waals surface area contributed by atoms with Gasteiger partial charge in [0.2, 0.25) is 0 Å². The largest absolute Gasteiger partial charge is 0.432 e. The molecule has 0 rings (SSSR count). The standard InChI is InChI=1S/C5H10NO5P/c1-2-5(8)6-12(9,10)11-4-3-7/h2,7H,1,3-4H2,(H2,6,8,9,10). The predicted molar refractivity (Wildman–Crippen MR) is 41.2 cm³/mol. The van der Waals surface area contributed by atoms with Gasteiger partial charge in [0.15, 0.2) is 0 Å². The number of hydrogen-bond donors (Lipinski definition) is 3. The van der Waals surface area contributed by atoms with Crippen LogP contribution in [0.4, 0.5) is 0 Å². The van der Waals surface area contributed by atoms with Crippen molar-refractivity contribution < 1.29 is 23.9 Å². The lowest BCUT2D eigenvalue weighted by molar-refractivity contribution is -0.115. The number of aliphatic hydroxyl groups is 1. The maximum absolute atomic E-state index is 10.8. The average molecular weight is 195 g/mol. The quantitative estimate of drug-likeness (QED) is 0.402. The number of nitrogens with one attached hydrogen (secondary N) is 1. The van der Waals surface area contributed by atoms with E-state index in [-0.39, 0.29) is 6.61 Å².